The summed E-state index contributed by atoms with van der Waals surface area (Å²) in [5, 5.41) is 3.26. The molecule has 2 heterocycles. The van der Waals surface area contributed by atoms with Gasteiger partial charge in [0.2, 0.25) is 0 Å². The molecule has 1 amide bonds. The number of hydrogen-bond donors (Lipinski definition) is 1. The summed E-state index contributed by atoms with van der Waals surface area (Å²) < 4.78 is 15.8. The average Bonchev–Trinajstić information content (AvgIpc) is 3.37. The second kappa shape index (κ2) is 10.2. The minimum atomic E-state index is -1.06. The van der Waals surface area contributed by atoms with Crippen LogP contribution in [-0.4, -0.2) is 35.5 Å². The molecule has 0 bridgehead atoms. The van der Waals surface area contributed by atoms with Gasteiger partial charge in [0.1, 0.15) is 10.5 Å². The van der Waals surface area contributed by atoms with Crippen LogP contribution in [0.2, 0.25) is 0 Å². The summed E-state index contributed by atoms with van der Waals surface area (Å²) >= 11 is 1.41. The first-order valence-electron chi connectivity index (χ1n) is 11.1. The zero-order valence-corrected chi connectivity index (χ0v) is 19.5. The minimum Gasteiger partial charge on any atom is -0.462 e. The van der Waals surface area contributed by atoms with Crippen molar-refractivity contribution in [2.75, 3.05) is 11.9 Å². The van der Waals surface area contributed by atoms with Crippen LogP contribution in [0.15, 0.2) is 29.0 Å². The van der Waals surface area contributed by atoms with E-state index in [9.17, 15) is 14.4 Å². The van der Waals surface area contributed by atoms with Crippen LogP contribution in [0, 0.1) is 0 Å². The number of amides is 1. The third kappa shape index (κ3) is 5.08. The number of hydrogen-bond acceptors (Lipinski definition) is 8. The van der Waals surface area contributed by atoms with Crippen molar-refractivity contribution < 1.29 is 28.3 Å². The lowest BCUT2D eigenvalue weighted by molar-refractivity contribution is -0.123. The molecule has 3 aromatic rings. The van der Waals surface area contributed by atoms with E-state index >= 15 is 0 Å². The Morgan fingerprint density at radius 3 is 2.73 bits per heavy atom. The number of carbonyl (C=O) groups is 3. The Morgan fingerprint density at radius 1 is 1.15 bits per heavy atom. The second-order valence-corrected chi connectivity index (χ2v) is 9.02. The number of ether oxygens (including phenoxy) is 2. The normalized spacial score (nSPS) is 14.6. The number of benzene rings is 1. The molecule has 0 fully saturated rings. The van der Waals surface area contributed by atoms with Gasteiger partial charge in [-0.2, -0.15) is 0 Å². The number of fused-ring (bicyclic) bond motifs is 2. The minimum absolute atomic E-state index is 0.251. The van der Waals surface area contributed by atoms with E-state index in [1.807, 2.05) is 0 Å². The monoisotopic (exact) mass is 470 g/mol. The number of aromatic nitrogens is 1. The number of anilines is 1. The Labute approximate surface area is 195 Å². The summed E-state index contributed by atoms with van der Waals surface area (Å²) in [7, 11) is 0. The summed E-state index contributed by atoms with van der Waals surface area (Å²) in [6, 6.07) is 4.72. The molecule has 1 atom stereocenters. The van der Waals surface area contributed by atoms with Gasteiger partial charge >= 0.3 is 11.9 Å². The van der Waals surface area contributed by atoms with Gasteiger partial charge < -0.3 is 19.2 Å². The van der Waals surface area contributed by atoms with E-state index < -0.39 is 23.9 Å². The van der Waals surface area contributed by atoms with Gasteiger partial charge in [-0.3, -0.25) is 4.79 Å². The molecule has 1 aliphatic rings. The highest BCUT2D eigenvalue weighted by molar-refractivity contribution is 7.17. The highest BCUT2D eigenvalue weighted by Crippen LogP contribution is 2.37. The maximum atomic E-state index is 12.9. The molecule has 9 heteroatoms. The number of nitrogens with one attached hydrogen (secondary N) is 1. The number of oxazole rings is 1. The first kappa shape index (κ1) is 23.0. The number of esters is 2. The second-order valence-electron chi connectivity index (χ2n) is 7.91. The Morgan fingerprint density at radius 2 is 1.94 bits per heavy atom. The first-order valence-corrected chi connectivity index (χ1v) is 12.0. The lowest BCUT2D eigenvalue weighted by Gasteiger charge is -2.14. The molecule has 4 rings (SSSR count). The average molecular weight is 471 g/mol. The van der Waals surface area contributed by atoms with Crippen LogP contribution in [0.5, 0.6) is 0 Å². The lowest BCUT2D eigenvalue weighted by Crippen LogP contribution is -2.30. The highest BCUT2D eigenvalue weighted by Gasteiger charge is 2.28. The predicted octanol–water partition coefficient (Wildman–Crippen LogP) is 4.91. The van der Waals surface area contributed by atoms with Crippen molar-refractivity contribution in [1.82, 2.24) is 4.98 Å². The topological polar surface area (TPSA) is 108 Å². The number of carbonyl (C=O) groups excluding carboxylic acids is 3. The molecular formula is C24H26N2O6S. The zero-order chi connectivity index (χ0) is 23.4. The molecule has 0 radical (unpaired) electrons. The Bertz CT molecular complexity index is 1180. The van der Waals surface area contributed by atoms with Crippen molar-refractivity contribution in [3.8, 4) is 0 Å². The van der Waals surface area contributed by atoms with Crippen LogP contribution in [-0.2, 0) is 27.1 Å². The fourth-order valence-electron chi connectivity index (χ4n) is 3.91. The lowest BCUT2D eigenvalue weighted by atomic mass is 9.96. The fraction of sp³-hybridized carbons (Fsp3) is 0.417. The standard InChI is InChI=1S/C24H26N2O6S/c1-3-30-24(29)20-16-8-6-4-5-7-9-19(16)33-22(20)26-21(27)14(2)32-23(28)15-10-11-18-17(12-15)25-13-31-18/h10-14H,3-9H2,1-2H3,(H,26,27). The van der Waals surface area contributed by atoms with E-state index in [1.165, 1.54) is 24.7 Å². The van der Waals surface area contributed by atoms with Crippen LogP contribution < -0.4 is 5.32 Å². The molecule has 1 N–H and O–H groups in total. The van der Waals surface area contributed by atoms with Gasteiger partial charge in [-0.15, -0.1) is 11.3 Å². The molecule has 0 spiro atoms. The summed E-state index contributed by atoms with van der Waals surface area (Å²) in [4.78, 5) is 43.3. The van der Waals surface area contributed by atoms with Gasteiger partial charge in [-0.25, -0.2) is 14.6 Å². The van der Waals surface area contributed by atoms with Gasteiger partial charge in [-0.05, 0) is 63.3 Å². The van der Waals surface area contributed by atoms with Gasteiger partial charge in [-0.1, -0.05) is 12.8 Å². The van der Waals surface area contributed by atoms with Crippen LogP contribution in [0.1, 0.15) is 70.7 Å². The maximum absolute atomic E-state index is 12.9. The Balaban J connectivity index is 1.51. The molecule has 33 heavy (non-hydrogen) atoms. The third-order valence-corrected chi connectivity index (χ3v) is 6.81. The predicted molar refractivity (Wildman–Crippen MR) is 124 cm³/mol. The van der Waals surface area contributed by atoms with Gasteiger partial charge in [0, 0.05) is 4.88 Å². The van der Waals surface area contributed by atoms with Crippen LogP contribution in [0.3, 0.4) is 0 Å². The van der Waals surface area contributed by atoms with Crippen LogP contribution in [0.4, 0.5) is 5.00 Å². The molecule has 0 saturated carbocycles. The van der Waals surface area contributed by atoms with E-state index in [0.717, 1.165) is 49.0 Å². The smallest absolute Gasteiger partial charge is 0.341 e. The summed E-state index contributed by atoms with van der Waals surface area (Å²) in [6.07, 6.45) is 6.20. The Kier molecular flexibility index (Phi) is 7.08. The van der Waals surface area contributed by atoms with Crippen LogP contribution >= 0.6 is 11.3 Å². The molecule has 1 aromatic carbocycles. The number of aryl methyl sites for hydroxylation is 1. The first-order chi connectivity index (χ1) is 16.0. The SMILES string of the molecule is CCOC(=O)c1c(NC(=O)C(C)OC(=O)c2ccc3ocnc3c2)sc2c1CCCCCC2. The summed E-state index contributed by atoms with van der Waals surface area (Å²) in [5.74, 6) is -1.59. The van der Waals surface area contributed by atoms with Crippen LogP contribution in [0.25, 0.3) is 11.1 Å². The van der Waals surface area contributed by atoms with Crippen molar-refractivity contribution in [2.45, 2.75) is 58.5 Å². The molecule has 8 nitrogen and oxygen atoms in total. The van der Waals surface area contributed by atoms with Crippen molar-refractivity contribution in [3.63, 3.8) is 0 Å². The van der Waals surface area contributed by atoms with Crippen molar-refractivity contribution >= 4 is 45.3 Å². The van der Waals surface area contributed by atoms with E-state index in [2.05, 4.69) is 10.3 Å². The molecule has 1 unspecified atom stereocenters. The molecule has 174 valence electrons. The summed E-state index contributed by atoms with van der Waals surface area (Å²) in [6.45, 7) is 3.50. The maximum Gasteiger partial charge on any atom is 0.341 e. The van der Waals surface area contributed by atoms with Crippen molar-refractivity contribution in [1.29, 1.82) is 0 Å². The van der Waals surface area contributed by atoms with E-state index in [-0.39, 0.29) is 12.2 Å². The third-order valence-electron chi connectivity index (χ3n) is 5.61. The largest absolute Gasteiger partial charge is 0.462 e. The Hall–Kier alpha value is -3.20. The molecule has 0 aliphatic heterocycles. The number of thiophene rings is 1. The van der Waals surface area contributed by atoms with E-state index in [1.54, 1.807) is 25.1 Å². The molecular weight excluding hydrogens is 444 g/mol. The van der Waals surface area contributed by atoms with Crippen molar-refractivity contribution in [2.24, 2.45) is 0 Å². The van der Waals surface area contributed by atoms with Gasteiger partial charge in [0.05, 0.1) is 17.7 Å². The molecule has 1 aliphatic carbocycles. The highest BCUT2D eigenvalue weighted by atomic mass is 32.1. The fourth-order valence-corrected chi connectivity index (χ4v) is 5.19. The van der Waals surface area contributed by atoms with Gasteiger partial charge in [0.25, 0.3) is 5.91 Å². The van der Waals surface area contributed by atoms with E-state index in [0.29, 0.717) is 21.7 Å². The molecule has 0 saturated heterocycles. The van der Waals surface area contributed by atoms with Crippen molar-refractivity contribution in [3.05, 3.63) is 46.2 Å². The summed E-state index contributed by atoms with van der Waals surface area (Å²) in [5.41, 5.74) is 2.75. The quantitative estimate of drug-likeness (QED) is 0.510. The van der Waals surface area contributed by atoms with E-state index in [4.69, 9.17) is 13.9 Å². The zero-order valence-electron chi connectivity index (χ0n) is 18.6. The van der Waals surface area contributed by atoms with Gasteiger partial charge in [0.15, 0.2) is 18.1 Å². The number of nitrogens with zero attached hydrogens (tertiary/aromatic N) is 1. The molecule has 2 aromatic heterocycles. The number of rotatable bonds is 6.